The van der Waals surface area contributed by atoms with Crippen LogP contribution < -0.4 is 11.2 Å². The monoisotopic (exact) mass is 273 g/mol. The summed E-state index contributed by atoms with van der Waals surface area (Å²) in [7, 11) is 0. The average molecular weight is 273 g/mol. The molecule has 0 bridgehead atoms. The summed E-state index contributed by atoms with van der Waals surface area (Å²) in [6.45, 7) is 4.75. The second kappa shape index (κ2) is 6.66. The Morgan fingerprint density at radius 1 is 1.15 bits per heavy atom. The van der Waals surface area contributed by atoms with E-state index in [0.29, 0.717) is 0 Å². The molecule has 1 aliphatic heterocycles. The second-order valence-electron chi connectivity index (χ2n) is 5.49. The first-order valence-corrected chi connectivity index (χ1v) is 7.30. The molecule has 0 radical (unpaired) electrons. The lowest BCUT2D eigenvalue weighted by Gasteiger charge is -2.25. The third-order valence-corrected chi connectivity index (χ3v) is 4.05. The molecule has 2 atom stereocenters. The molecule has 1 aliphatic rings. The fraction of sp³-hybridized carbons (Fsp3) is 0.500. The summed E-state index contributed by atoms with van der Waals surface area (Å²) in [6.07, 6.45) is 3.25. The number of unbranched alkanes of at least 4 members (excludes halogenated alkanes) is 1. The number of hydrazone groups is 1. The number of rotatable bonds is 5. The summed E-state index contributed by atoms with van der Waals surface area (Å²) in [5.74, 6) is 0.109. The van der Waals surface area contributed by atoms with Crippen molar-refractivity contribution in [2.24, 2.45) is 22.7 Å². The highest BCUT2D eigenvalue weighted by atomic mass is 16.2. The summed E-state index contributed by atoms with van der Waals surface area (Å²) < 4.78 is 0. The van der Waals surface area contributed by atoms with Gasteiger partial charge in [-0.2, -0.15) is 5.10 Å². The molecular formula is C16H23N3O. The molecule has 1 heterocycles. The lowest BCUT2D eigenvalue weighted by Crippen LogP contribution is -2.39. The molecule has 0 spiro atoms. The molecule has 20 heavy (non-hydrogen) atoms. The topological polar surface area (TPSA) is 67.5 Å². The summed E-state index contributed by atoms with van der Waals surface area (Å²) in [4.78, 5) is 11.6. The Balaban J connectivity index is 2.08. The van der Waals surface area contributed by atoms with Crippen molar-refractivity contribution >= 4 is 11.6 Å². The van der Waals surface area contributed by atoms with Gasteiger partial charge in [0, 0.05) is 11.8 Å². The summed E-state index contributed by atoms with van der Waals surface area (Å²) >= 11 is 0. The van der Waals surface area contributed by atoms with E-state index in [9.17, 15) is 4.79 Å². The highest BCUT2D eigenvalue weighted by Gasteiger charge is 2.29. The van der Waals surface area contributed by atoms with E-state index in [1.54, 1.807) is 0 Å². The number of nitrogens with two attached hydrogens (primary N) is 1. The first-order valence-electron chi connectivity index (χ1n) is 7.30. The zero-order valence-corrected chi connectivity index (χ0v) is 12.2. The molecule has 0 aliphatic carbocycles. The van der Waals surface area contributed by atoms with Crippen molar-refractivity contribution < 1.29 is 4.79 Å². The van der Waals surface area contributed by atoms with Crippen LogP contribution in [0.25, 0.3) is 0 Å². The van der Waals surface area contributed by atoms with Gasteiger partial charge < -0.3 is 5.73 Å². The summed E-state index contributed by atoms with van der Waals surface area (Å²) in [5.41, 5.74) is 11.5. The van der Waals surface area contributed by atoms with Gasteiger partial charge in [-0.1, -0.05) is 38.1 Å². The van der Waals surface area contributed by atoms with Gasteiger partial charge in [-0.25, -0.2) is 5.43 Å². The minimum absolute atomic E-state index is 0.000320. The number of hydrogen-bond donors (Lipinski definition) is 2. The number of benzene rings is 1. The van der Waals surface area contributed by atoms with Gasteiger partial charge in [0.2, 0.25) is 5.91 Å². The zero-order chi connectivity index (χ0) is 14.5. The maximum Gasteiger partial charge on any atom is 0.243 e. The van der Waals surface area contributed by atoms with Gasteiger partial charge >= 0.3 is 0 Å². The Morgan fingerprint density at radius 3 is 2.50 bits per heavy atom. The minimum Gasteiger partial charge on any atom is -0.330 e. The molecular weight excluding hydrogens is 250 g/mol. The number of nitrogens with zero attached hydrogens (tertiary/aromatic N) is 1. The molecule has 0 aromatic heterocycles. The van der Waals surface area contributed by atoms with Crippen molar-refractivity contribution in [2.75, 3.05) is 6.54 Å². The standard InChI is InChI=1S/C16H23N3O/c1-11-12(2)16(20)19-18-15(11)14-8-6-13(7-9-14)5-3-4-10-17/h6-9,11-12H,3-5,10,17H2,1-2H3,(H,19,20). The number of nitrogens with one attached hydrogen (secondary N) is 1. The van der Waals surface area contributed by atoms with Crippen LogP contribution in [0.15, 0.2) is 29.4 Å². The SMILES string of the molecule is CC1C(=O)NN=C(c2ccc(CCCCN)cc2)C1C. The number of carbonyl (C=O) groups excluding carboxylic acids is 1. The van der Waals surface area contributed by atoms with Crippen LogP contribution in [0.1, 0.15) is 37.8 Å². The molecule has 108 valence electrons. The first-order chi connectivity index (χ1) is 9.63. The number of hydrogen-bond acceptors (Lipinski definition) is 3. The maximum absolute atomic E-state index is 11.6. The van der Waals surface area contributed by atoms with Crippen LogP contribution in [-0.2, 0) is 11.2 Å². The van der Waals surface area contributed by atoms with E-state index in [4.69, 9.17) is 5.73 Å². The van der Waals surface area contributed by atoms with Crippen molar-refractivity contribution in [1.29, 1.82) is 0 Å². The molecule has 3 N–H and O–H groups in total. The smallest absolute Gasteiger partial charge is 0.243 e. The van der Waals surface area contributed by atoms with E-state index in [0.717, 1.165) is 37.1 Å². The molecule has 1 aromatic carbocycles. The van der Waals surface area contributed by atoms with Gasteiger partial charge in [0.05, 0.1) is 5.71 Å². The Hall–Kier alpha value is -1.68. The number of aryl methyl sites for hydroxylation is 1. The highest BCUT2D eigenvalue weighted by molar-refractivity contribution is 6.06. The highest BCUT2D eigenvalue weighted by Crippen LogP contribution is 2.22. The van der Waals surface area contributed by atoms with Gasteiger partial charge in [0.1, 0.15) is 0 Å². The fourth-order valence-electron chi connectivity index (χ4n) is 2.43. The molecule has 4 heteroatoms. The Kier molecular flexibility index (Phi) is 4.90. The Labute approximate surface area is 120 Å². The first kappa shape index (κ1) is 14.7. The third kappa shape index (κ3) is 3.25. The predicted molar refractivity (Wildman–Crippen MR) is 81.4 cm³/mol. The summed E-state index contributed by atoms with van der Waals surface area (Å²) in [6, 6.07) is 8.47. The van der Waals surface area contributed by atoms with Crippen LogP contribution in [0.4, 0.5) is 0 Å². The average Bonchev–Trinajstić information content (AvgIpc) is 2.46. The van der Waals surface area contributed by atoms with Crippen molar-refractivity contribution in [3.05, 3.63) is 35.4 Å². The fourth-order valence-corrected chi connectivity index (χ4v) is 2.43. The quantitative estimate of drug-likeness (QED) is 0.806. The van der Waals surface area contributed by atoms with E-state index >= 15 is 0 Å². The van der Waals surface area contributed by atoms with Crippen molar-refractivity contribution in [3.8, 4) is 0 Å². The predicted octanol–water partition coefficient (Wildman–Crippen LogP) is 2.07. The molecule has 0 saturated heterocycles. The van der Waals surface area contributed by atoms with E-state index in [2.05, 4.69) is 41.7 Å². The molecule has 1 aromatic rings. The zero-order valence-electron chi connectivity index (χ0n) is 12.2. The molecule has 0 saturated carbocycles. The van der Waals surface area contributed by atoms with Gasteiger partial charge in [-0.15, -0.1) is 0 Å². The molecule has 2 rings (SSSR count). The largest absolute Gasteiger partial charge is 0.330 e. The van der Waals surface area contributed by atoms with Gasteiger partial charge in [-0.3, -0.25) is 4.79 Å². The lowest BCUT2D eigenvalue weighted by atomic mass is 9.86. The van der Waals surface area contributed by atoms with Gasteiger partial charge in [0.15, 0.2) is 0 Å². The molecule has 4 nitrogen and oxygen atoms in total. The third-order valence-electron chi connectivity index (χ3n) is 4.05. The Morgan fingerprint density at radius 2 is 1.85 bits per heavy atom. The van der Waals surface area contributed by atoms with Gasteiger partial charge in [-0.05, 0) is 36.9 Å². The second-order valence-corrected chi connectivity index (χ2v) is 5.49. The van der Waals surface area contributed by atoms with Crippen LogP contribution in [-0.4, -0.2) is 18.2 Å². The van der Waals surface area contributed by atoms with Crippen LogP contribution in [0.3, 0.4) is 0 Å². The van der Waals surface area contributed by atoms with Crippen molar-refractivity contribution in [2.45, 2.75) is 33.1 Å². The van der Waals surface area contributed by atoms with Gasteiger partial charge in [0.25, 0.3) is 0 Å². The minimum atomic E-state index is -0.0354. The molecule has 2 unspecified atom stereocenters. The maximum atomic E-state index is 11.6. The molecule has 1 amide bonds. The number of carbonyl (C=O) groups is 1. The Bertz CT molecular complexity index is 493. The van der Waals surface area contributed by atoms with E-state index < -0.39 is 0 Å². The van der Waals surface area contributed by atoms with Crippen molar-refractivity contribution in [1.82, 2.24) is 5.43 Å². The normalized spacial score (nSPS) is 22.4. The van der Waals surface area contributed by atoms with Crippen LogP contribution in [0.5, 0.6) is 0 Å². The van der Waals surface area contributed by atoms with Crippen LogP contribution in [0.2, 0.25) is 0 Å². The van der Waals surface area contributed by atoms with E-state index in [1.807, 2.05) is 6.92 Å². The van der Waals surface area contributed by atoms with Crippen LogP contribution in [0, 0.1) is 11.8 Å². The van der Waals surface area contributed by atoms with Crippen molar-refractivity contribution in [3.63, 3.8) is 0 Å². The van der Waals surface area contributed by atoms with E-state index in [1.165, 1.54) is 5.56 Å². The summed E-state index contributed by atoms with van der Waals surface area (Å²) in [5, 5.41) is 4.22. The lowest BCUT2D eigenvalue weighted by molar-refractivity contribution is -0.125. The number of amides is 1. The van der Waals surface area contributed by atoms with Crippen LogP contribution >= 0.6 is 0 Å². The molecule has 0 fully saturated rings. The van der Waals surface area contributed by atoms with E-state index in [-0.39, 0.29) is 17.7 Å².